The average Bonchev–Trinajstić information content (AvgIpc) is 2.65. The third kappa shape index (κ3) is 3.13. The van der Waals surface area contributed by atoms with E-state index in [4.69, 9.17) is 0 Å². The summed E-state index contributed by atoms with van der Waals surface area (Å²) in [6, 6.07) is 0. The Bertz CT molecular complexity index is 387. The van der Waals surface area contributed by atoms with Gasteiger partial charge in [-0.05, 0) is 28.8 Å². The Morgan fingerprint density at radius 3 is 2.28 bits per heavy atom. The maximum absolute atomic E-state index is 9.61. The molecular weight excluding hydrogens is 296 g/mol. The van der Waals surface area contributed by atoms with E-state index in [2.05, 4.69) is 34.9 Å². The highest BCUT2D eigenvalue weighted by molar-refractivity contribution is 9.10. The predicted octanol–water partition coefficient (Wildman–Crippen LogP) is 2.06. The molecule has 0 spiro atoms. The molecule has 4 nitrogen and oxygen atoms in total. The van der Waals surface area contributed by atoms with Crippen LogP contribution in [0.2, 0.25) is 0 Å². The van der Waals surface area contributed by atoms with Gasteiger partial charge in [0, 0.05) is 18.9 Å². The second-order valence-corrected chi connectivity index (χ2v) is 5.72. The Labute approximate surface area is 117 Å². The number of nitrogens with zero attached hydrogens (tertiary/aromatic N) is 2. The zero-order valence-corrected chi connectivity index (χ0v) is 13.0. The number of hydrogen-bond acceptors (Lipinski definition) is 3. The Kier molecular flexibility index (Phi) is 5.82. The fourth-order valence-corrected chi connectivity index (χ4v) is 3.06. The number of aromatic nitrogens is 2. The molecule has 0 atom stereocenters. The molecule has 104 valence electrons. The summed E-state index contributed by atoms with van der Waals surface area (Å²) >= 11 is 3.58. The summed E-state index contributed by atoms with van der Waals surface area (Å²) < 4.78 is 2.86. The molecule has 1 heterocycles. The lowest BCUT2D eigenvalue weighted by Crippen LogP contribution is -2.33. The fourth-order valence-electron chi connectivity index (χ4n) is 2.31. The van der Waals surface area contributed by atoms with Gasteiger partial charge in [0.15, 0.2) is 0 Å². The fraction of sp³-hybridized carbons (Fsp3) is 0.769. The maximum atomic E-state index is 9.61. The Balaban J connectivity index is 3.04. The molecule has 2 N–H and O–H groups in total. The van der Waals surface area contributed by atoms with Crippen molar-refractivity contribution in [1.29, 1.82) is 0 Å². The van der Waals surface area contributed by atoms with E-state index in [0.29, 0.717) is 6.42 Å². The van der Waals surface area contributed by atoms with Gasteiger partial charge in [0.05, 0.1) is 29.1 Å². The molecule has 0 fully saturated rings. The van der Waals surface area contributed by atoms with Crippen molar-refractivity contribution in [3.8, 4) is 0 Å². The first-order chi connectivity index (χ1) is 8.53. The number of rotatable bonds is 7. The van der Waals surface area contributed by atoms with Crippen LogP contribution in [0, 0.1) is 5.41 Å². The average molecular weight is 319 g/mol. The van der Waals surface area contributed by atoms with Gasteiger partial charge in [-0.25, -0.2) is 0 Å². The second kappa shape index (κ2) is 6.68. The minimum Gasteiger partial charge on any atom is -0.396 e. The molecule has 0 radical (unpaired) electrons. The first-order valence-electron chi connectivity index (χ1n) is 6.45. The molecule has 1 aromatic heterocycles. The van der Waals surface area contributed by atoms with E-state index in [-0.39, 0.29) is 13.2 Å². The van der Waals surface area contributed by atoms with E-state index in [0.717, 1.165) is 35.1 Å². The Morgan fingerprint density at radius 1 is 1.28 bits per heavy atom. The summed E-state index contributed by atoms with van der Waals surface area (Å²) in [5.74, 6) is 0. The molecule has 0 bridgehead atoms. The van der Waals surface area contributed by atoms with Crippen LogP contribution in [0.3, 0.4) is 0 Å². The van der Waals surface area contributed by atoms with Crippen LogP contribution in [-0.4, -0.2) is 33.2 Å². The van der Waals surface area contributed by atoms with Crippen LogP contribution in [0.15, 0.2) is 4.47 Å². The highest BCUT2D eigenvalue weighted by atomic mass is 79.9. The topological polar surface area (TPSA) is 58.3 Å². The standard InChI is InChI=1S/C13H23BrN2O2/c1-4-6-13(8-17,9-18)7-11-12(14)10(5-2)15-16(11)3/h17-18H,4-9H2,1-3H3. The van der Waals surface area contributed by atoms with Gasteiger partial charge in [0.2, 0.25) is 0 Å². The summed E-state index contributed by atoms with van der Waals surface area (Å²) in [6.45, 7) is 4.12. The SMILES string of the molecule is CCCC(CO)(CO)Cc1c(Br)c(CC)nn1C. The van der Waals surface area contributed by atoms with Gasteiger partial charge in [-0.15, -0.1) is 0 Å². The molecule has 0 saturated heterocycles. The molecule has 0 aliphatic heterocycles. The van der Waals surface area contributed by atoms with Gasteiger partial charge in [0.25, 0.3) is 0 Å². The normalized spacial score (nSPS) is 12.1. The number of hydrogen-bond donors (Lipinski definition) is 2. The second-order valence-electron chi connectivity index (χ2n) is 4.93. The molecule has 5 heteroatoms. The van der Waals surface area contributed by atoms with Crippen molar-refractivity contribution in [3.05, 3.63) is 15.9 Å². The molecule has 0 unspecified atom stereocenters. The predicted molar refractivity (Wildman–Crippen MR) is 75.5 cm³/mol. The Morgan fingerprint density at radius 2 is 1.89 bits per heavy atom. The van der Waals surface area contributed by atoms with Crippen LogP contribution < -0.4 is 0 Å². The van der Waals surface area contributed by atoms with Gasteiger partial charge in [-0.2, -0.15) is 5.10 Å². The van der Waals surface area contributed by atoms with E-state index in [1.54, 1.807) is 0 Å². The summed E-state index contributed by atoms with van der Waals surface area (Å²) in [4.78, 5) is 0. The van der Waals surface area contributed by atoms with Gasteiger partial charge in [-0.3, -0.25) is 4.68 Å². The van der Waals surface area contributed by atoms with E-state index in [1.165, 1.54) is 0 Å². The molecular formula is C13H23BrN2O2. The van der Waals surface area contributed by atoms with Gasteiger partial charge in [-0.1, -0.05) is 20.3 Å². The van der Waals surface area contributed by atoms with Crippen LogP contribution in [0.5, 0.6) is 0 Å². The van der Waals surface area contributed by atoms with Crippen LogP contribution in [0.4, 0.5) is 0 Å². The molecule has 0 aromatic carbocycles. The zero-order chi connectivity index (χ0) is 13.8. The Hall–Kier alpha value is -0.390. The van der Waals surface area contributed by atoms with E-state index in [1.807, 2.05) is 11.7 Å². The maximum Gasteiger partial charge on any atom is 0.0766 e. The van der Waals surface area contributed by atoms with Crippen LogP contribution in [0.1, 0.15) is 38.1 Å². The molecule has 1 aromatic rings. The van der Waals surface area contributed by atoms with Gasteiger partial charge in [0.1, 0.15) is 0 Å². The van der Waals surface area contributed by atoms with Crippen molar-refractivity contribution in [2.24, 2.45) is 12.5 Å². The number of aryl methyl sites for hydroxylation is 2. The first-order valence-corrected chi connectivity index (χ1v) is 7.24. The first kappa shape index (κ1) is 15.7. The van der Waals surface area contributed by atoms with Crippen molar-refractivity contribution in [2.75, 3.05) is 13.2 Å². The molecule has 0 saturated carbocycles. The highest BCUT2D eigenvalue weighted by Gasteiger charge is 2.31. The lowest BCUT2D eigenvalue weighted by atomic mass is 9.80. The zero-order valence-electron chi connectivity index (χ0n) is 11.4. The minimum atomic E-state index is -0.448. The quantitative estimate of drug-likeness (QED) is 0.809. The monoisotopic (exact) mass is 318 g/mol. The molecule has 18 heavy (non-hydrogen) atoms. The lowest BCUT2D eigenvalue weighted by Gasteiger charge is -2.29. The van der Waals surface area contributed by atoms with Crippen LogP contribution in [-0.2, 0) is 19.9 Å². The van der Waals surface area contributed by atoms with E-state index >= 15 is 0 Å². The molecule has 0 amide bonds. The van der Waals surface area contributed by atoms with Crippen molar-refractivity contribution in [1.82, 2.24) is 9.78 Å². The van der Waals surface area contributed by atoms with Crippen molar-refractivity contribution < 1.29 is 10.2 Å². The largest absolute Gasteiger partial charge is 0.396 e. The molecule has 0 aliphatic carbocycles. The van der Waals surface area contributed by atoms with Crippen molar-refractivity contribution >= 4 is 15.9 Å². The molecule has 1 rings (SSSR count). The van der Waals surface area contributed by atoms with Crippen LogP contribution in [0.25, 0.3) is 0 Å². The summed E-state index contributed by atoms with van der Waals surface area (Å²) in [5, 5.41) is 23.7. The third-order valence-corrected chi connectivity index (χ3v) is 4.41. The van der Waals surface area contributed by atoms with Crippen molar-refractivity contribution in [2.45, 2.75) is 39.5 Å². The van der Waals surface area contributed by atoms with E-state index in [9.17, 15) is 10.2 Å². The summed E-state index contributed by atoms with van der Waals surface area (Å²) in [5.41, 5.74) is 1.62. The minimum absolute atomic E-state index is 0.00355. The van der Waals surface area contributed by atoms with Gasteiger partial charge < -0.3 is 10.2 Å². The highest BCUT2D eigenvalue weighted by Crippen LogP contribution is 2.32. The van der Waals surface area contributed by atoms with E-state index < -0.39 is 5.41 Å². The summed E-state index contributed by atoms with van der Waals surface area (Å²) in [6.07, 6.45) is 3.25. The number of aliphatic hydroxyl groups is 2. The smallest absolute Gasteiger partial charge is 0.0766 e. The third-order valence-electron chi connectivity index (χ3n) is 3.50. The number of halogens is 1. The van der Waals surface area contributed by atoms with Crippen molar-refractivity contribution in [3.63, 3.8) is 0 Å². The van der Waals surface area contributed by atoms with Gasteiger partial charge >= 0.3 is 0 Å². The number of aliphatic hydroxyl groups excluding tert-OH is 2. The summed E-state index contributed by atoms with van der Waals surface area (Å²) in [7, 11) is 1.91. The molecule has 0 aliphatic rings. The lowest BCUT2D eigenvalue weighted by molar-refractivity contribution is 0.0450. The van der Waals surface area contributed by atoms with Crippen LogP contribution >= 0.6 is 15.9 Å².